The number of likely N-dealkylation sites (tertiary alicyclic amines) is 1. The van der Waals surface area contributed by atoms with Crippen LogP contribution in [0.2, 0.25) is 5.02 Å². The first-order valence-corrected chi connectivity index (χ1v) is 7.26. The Morgan fingerprint density at radius 2 is 2.19 bits per heavy atom. The highest BCUT2D eigenvalue weighted by Crippen LogP contribution is 2.33. The molecule has 1 saturated carbocycles. The zero-order chi connectivity index (χ0) is 15.0. The summed E-state index contributed by atoms with van der Waals surface area (Å²) in [6, 6.07) is 7.06. The Balaban J connectivity index is 1.65. The molecule has 3 rings (SSSR count). The Kier molecular flexibility index (Phi) is 3.56. The molecule has 21 heavy (non-hydrogen) atoms. The van der Waals surface area contributed by atoms with E-state index in [-0.39, 0.29) is 24.2 Å². The fraction of sp³-hybridized carbons (Fsp3) is 0.400. The van der Waals surface area contributed by atoms with Crippen molar-refractivity contribution in [3.05, 3.63) is 28.8 Å². The van der Waals surface area contributed by atoms with Crippen LogP contribution in [-0.4, -0.2) is 29.3 Å². The summed E-state index contributed by atoms with van der Waals surface area (Å²) in [6.45, 7) is 0.499. The minimum atomic E-state index is -0.312. The number of nitrogens with zero attached hydrogens (tertiary/aromatic N) is 2. The lowest BCUT2D eigenvalue weighted by molar-refractivity contribution is -0.128. The first-order chi connectivity index (χ1) is 10.1. The van der Waals surface area contributed by atoms with Gasteiger partial charge in [-0.05, 0) is 31.0 Å². The lowest BCUT2D eigenvalue weighted by Crippen LogP contribution is -2.29. The molecule has 1 N–H and O–H groups in total. The van der Waals surface area contributed by atoms with E-state index in [1.165, 1.54) is 0 Å². The van der Waals surface area contributed by atoms with Gasteiger partial charge in [0.05, 0.1) is 16.5 Å². The Morgan fingerprint density at radius 1 is 1.43 bits per heavy atom. The van der Waals surface area contributed by atoms with Crippen molar-refractivity contribution >= 4 is 29.1 Å². The molecule has 1 aromatic rings. The summed E-state index contributed by atoms with van der Waals surface area (Å²) in [6.07, 6.45) is 2.36. The Bertz CT molecular complexity index is 649. The van der Waals surface area contributed by atoms with Crippen molar-refractivity contribution in [2.75, 3.05) is 11.9 Å². The topological polar surface area (TPSA) is 73.2 Å². The van der Waals surface area contributed by atoms with Crippen LogP contribution >= 0.6 is 11.6 Å². The highest BCUT2D eigenvalue weighted by atomic mass is 35.5. The van der Waals surface area contributed by atoms with Gasteiger partial charge in [0.2, 0.25) is 11.8 Å². The maximum absolute atomic E-state index is 12.2. The number of benzene rings is 1. The van der Waals surface area contributed by atoms with Crippen LogP contribution in [0.3, 0.4) is 0 Å². The molecule has 5 nitrogen and oxygen atoms in total. The number of nitrogens with one attached hydrogen (secondary N) is 1. The molecule has 0 spiro atoms. The molecule has 1 atom stereocenters. The summed E-state index contributed by atoms with van der Waals surface area (Å²) in [5, 5.41) is 11.9. The highest BCUT2D eigenvalue weighted by Gasteiger charge is 2.41. The third-order valence-corrected chi connectivity index (χ3v) is 4.19. The van der Waals surface area contributed by atoms with Crippen LogP contribution in [-0.2, 0) is 9.59 Å². The van der Waals surface area contributed by atoms with Gasteiger partial charge >= 0.3 is 0 Å². The van der Waals surface area contributed by atoms with E-state index in [4.69, 9.17) is 16.9 Å². The van der Waals surface area contributed by atoms with Crippen LogP contribution in [0.15, 0.2) is 18.2 Å². The average molecular weight is 304 g/mol. The number of nitriles is 1. The van der Waals surface area contributed by atoms with E-state index in [1.807, 2.05) is 11.0 Å². The van der Waals surface area contributed by atoms with E-state index in [2.05, 4.69) is 5.32 Å². The predicted molar refractivity (Wildman–Crippen MR) is 77.6 cm³/mol. The molecule has 1 saturated heterocycles. The number of amides is 2. The second-order valence-electron chi connectivity index (χ2n) is 5.47. The number of hydrogen-bond acceptors (Lipinski definition) is 3. The average Bonchev–Trinajstić information content (AvgIpc) is 3.22. The zero-order valence-electron chi connectivity index (χ0n) is 11.3. The van der Waals surface area contributed by atoms with Crippen molar-refractivity contribution in [3.63, 3.8) is 0 Å². The molecule has 2 fully saturated rings. The van der Waals surface area contributed by atoms with Crippen molar-refractivity contribution in [1.82, 2.24) is 4.90 Å². The molecule has 1 aliphatic heterocycles. The molecule has 1 aromatic carbocycles. The molecule has 1 unspecified atom stereocenters. The Labute approximate surface area is 127 Å². The number of anilines is 1. The maximum Gasteiger partial charge on any atom is 0.229 e. The van der Waals surface area contributed by atoms with Gasteiger partial charge in [-0.3, -0.25) is 9.59 Å². The number of halogens is 1. The van der Waals surface area contributed by atoms with Crippen molar-refractivity contribution in [3.8, 4) is 6.07 Å². The maximum atomic E-state index is 12.2. The lowest BCUT2D eigenvalue weighted by atomic mass is 10.1. The number of carbonyl (C=O) groups is 2. The van der Waals surface area contributed by atoms with Gasteiger partial charge in [-0.1, -0.05) is 11.6 Å². The van der Waals surface area contributed by atoms with Crippen molar-refractivity contribution < 1.29 is 9.59 Å². The van der Waals surface area contributed by atoms with Crippen LogP contribution in [0.4, 0.5) is 5.69 Å². The number of carbonyl (C=O) groups excluding carboxylic acids is 2. The molecule has 6 heteroatoms. The zero-order valence-corrected chi connectivity index (χ0v) is 12.1. The molecule has 0 bridgehead atoms. The molecular formula is C15H14ClN3O2. The molecule has 0 radical (unpaired) electrons. The quantitative estimate of drug-likeness (QED) is 0.930. The smallest absolute Gasteiger partial charge is 0.229 e. The SMILES string of the molecule is N#Cc1ccc(NC(=O)C2CC(=O)N(C3CC3)C2)cc1Cl. The normalized spacial score (nSPS) is 21.2. The lowest BCUT2D eigenvalue weighted by Gasteiger charge is -2.15. The molecular weight excluding hydrogens is 290 g/mol. The summed E-state index contributed by atoms with van der Waals surface area (Å²) in [7, 11) is 0. The molecule has 1 heterocycles. The first-order valence-electron chi connectivity index (χ1n) is 6.88. The van der Waals surface area contributed by atoms with Gasteiger partial charge in [-0.25, -0.2) is 0 Å². The predicted octanol–water partition coefficient (Wildman–Crippen LogP) is 2.16. The van der Waals surface area contributed by atoms with Crippen LogP contribution in [0.5, 0.6) is 0 Å². The first kappa shape index (κ1) is 13.9. The summed E-state index contributed by atoms with van der Waals surface area (Å²) in [5.74, 6) is -0.421. The van der Waals surface area contributed by atoms with E-state index >= 15 is 0 Å². The van der Waals surface area contributed by atoms with Gasteiger partial charge in [0, 0.05) is 24.7 Å². The van der Waals surface area contributed by atoms with Gasteiger partial charge in [0.15, 0.2) is 0 Å². The standard InChI is InChI=1S/C15H14ClN3O2/c16-13-6-11(2-1-9(13)7-17)18-15(21)10-5-14(20)19(8-10)12-3-4-12/h1-2,6,10,12H,3-5,8H2,(H,18,21). The molecule has 2 amide bonds. The third kappa shape index (κ3) is 2.86. The van der Waals surface area contributed by atoms with E-state index in [1.54, 1.807) is 18.2 Å². The second-order valence-corrected chi connectivity index (χ2v) is 5.88. The van der Waals surface area contributed by atoms with E-state index < -0.39 is 0 Å². The fourth-order valence-corrected chi connectivity index (χ4v) is 2.80. The van der Waals surface area contributed by atoms with Crippen LogP contribution in [0.1, 0.15) is 24.8 Å². The monoisotopic (exact) mass is 303 g/mol. The summed E-state index contributed by atoms with van der Waals surface area (Å²) in [5.41, 5.74) is 0.909. The van der Waals surface area contributed by atoms with E-state index in [0.717, 1.165) is 12.8 Å². The van der Waals surface area contributed by atoms with Gasteiger partial charge in [-0.15, -0.1) is 0 Å². The van der Waals surface area contributed by atoms with Crippen LogP contribution in [0.25, 0.3) is 0 Å². The Morgan fingerprint density at radius 3 is 2.81 bits per heavy atom. The Hall–Kier alpha value is -2.06. The highest BCUT2D eigenvalue weighted by molar-refractivity contribution is 6.32. The fourth-order valence-electron chi connectivity index (χ4n) is 2.57. The summed E-state index contributed by atoms with van der Waals surface area (Å²) < 4.78 is 0. The third-order valence-electron chi connectivity index (χ3n) is 3.87. The van der Waals surface area contributed by atoms with Gasteiger partial charge < -0.3 is 10.2 Å². The largest absolute Gasteiger partial charge is 0.339 e. The number of rotatable bonds is 3. The molecule has 2 aliphatic rings. The van der Waals surface area contributed by atoms with Gasteiger partial charge in [0.1, 0.15) is 6.07 Å². The summed E-state index contributed by atoms with van der Waals surface area (Å²) in [4.78, 5) is 25.9. The minimum Gasteiger partial charge on any atom is -0.339 e. The molecule has 108 valence electrons. The molecule has 1 aliphatic carbocycles. The van der Waals surface area contributed by atoms with Crippen molar-refractivity contribution in [2.45, 2.75) is 25.3 Å². The van der Waals surface area contributed by atoms with Crippen molar-refractivity contribution in [1.29, 1.82) is 5.26 Å². The summed E-state index contributed by atoms with van der Waals surface area (Å²) >= 11 is 5.93. The minimum absolute atomic E-state index is 0.0653. The van der Waals surface area contributed by atoms with Crippen molar-refractivity contribution in [2.24, 2.45) is 5.92 Å². The van der Waals surface area contributed by atoms with Crippen LogP contribution < -0.4 is 5.32 Å². The van der Waals surface area contributed by atoms with E-state index in [9.17, 15) is 9.59 Å². The van der Waals surface area contributed by atoms with E-state index in [0.29, 0.717) is 28.9 Å². The molecule has 0 aromatic heterocycles. The number of hydrogen-bond donors (Lipinski definition) is 1. The van der Waals surface area contributed by atoms with Gasteiger partial charge in [0.25, 0.3) is 0 Å². The van der Waals surface area contributed by atoms with Crippen LogP contribution in [0, 0.1) is 17.2 Å². The second kappa shape index (κ2) is 5.38. The van der Waals surface area contributed by atoms with Gasteiger partial charge in [-0.2, -0.15) is 5.26 Å².